The van der Waals surface area contributed by atoms with E-state index in [0.717, 1.165) is 0 Å². The lowest BCUT2D eigenvalue weighted by molar-refractivity contribution is -0.146. The van der Waals surface area contributed by atoms with Crippen molar-refractivity contribution in [3.05, 3.63) is 0 Å². The summed E-state index contributed by atoms with van der Waals surface area (Å²) in [5, 5.41) is 11.6. The predicted octanol–water partition coefficient (Wildman–Crippen LogP) is 0.697. The lowest BCUT2D eigenvalue weighted by Gasteiger charge is -2.37. The van der Waals surface area contributed by atoms with Gasteiger partial charge in [-0.2, -0.15) is 0 Å². The van der Waals surface area contributed by atoms with Crippen molar-refractivity contribution >= 4 is 11.9 Å². The van der Waals surface area contributed by atoms with Crippen LogP contribution in [-0.2, 0) is 9.59 Å². The first-order valence-electron chi connectivity index (χ1n) is 6.49. The molecule has 1 aliphatic heterocycles. The number of carboxylic acids is 1. The summed E-state index contributed by atoms with van der Waals surface area (Å²) in [4.78, 5) is 23.9. The van der Waals surface area contributed by atoms with Crippen LogP contribution in [0.5, 0.6) is 0 Å². The minimum absolute atomic E-state index is 0.0287. The van der Waals surface area contributed by atoms with E-state index in [2.05, 4.69) is 5.32 Å². The highest BCUT2D eigenvalue weighted by Crippen LogP contribution is 2.37. The van der Waals surface area contributed by atoms with E-state index < -0.39 is 17.9 Å². The Bertz CT molecular complexity index is 376. The minimum atomic E-state index is -2.65. The van der Waals surface area contributed by atoms with Crippen LogP contribution in [0, 0.1) is 5.92 Å². The van der Waals surface area contributed by atoms with Gasteiger partial charge in [0.05, 0.1) is 6.54 Å². The summed E-state index contributed by atoms with van der Waals surface area (Å²) in [6.45, 7) is 0.260. The molecule has 1 amide bonds. The van der Waals surface area contributed by atoms with Crippen molar-refractivity contribution in [2.75, 3.05) is 19.6 Å². The molecule has 7 heteroatoms. The van der Waals surface area contributed by atoms with Gasteiger partial charge in [0.15, 0.2) is 0 Å². The molecular weight excluding hydrogens is 258 g/mol. The normalized spacial score (nSPS) is 31.8. The molecule has 2 aliphatic rings. The number of alkyl halides is 2. The summed E-state index contributed by atoms with van der Waals surface area (Å²) >= 11 is 0. The Balaban J connectivity index is 1.98. The topological polar surface area (TPSA) is 69.6 Å². The molecule has 1 heterocycles. The van der Waals surface area contributed by atoms with E-state index >= 15 is 0 Å². The van der Waals surface area contributed by atoms with E-state index in [-0.39, 0.29) is 44.3 Å². The van der Waals surface area contributed by atoms with Gasteiger partial charge in [0.1, 0.15) is 6.04 Å². The zero-order chi connectivity index (χ0) is 14.0. The van der Waals surface area contributed by atoms with E-state index in [4.69, 9.17) is 5.11 Å². The Morgan fingerprint density at radius 1 is 1.53 bits per heavy atom. The van der Waals surface area contributed by atoms with Crippen molar-refractivity contribution < 1.29 is 23.5 Å². The van der Waals surface area contributed by atoms with Gasteiger partial charge in [-0.05, 0) is 18.8 Å². The number of piperazine rings is 1. The summed E-state index contributed by atoms with van der Waals surface area (Å²) < 4.78 is 26.7. The largest absolute Gasteiger partial charge is 0.480 e. The molecule has 2 rings (SSSR count). The van der Waals surface area contributed by atoms with E-state index in [1.807, 2.05) is 0 Å². The molecule has 0 aromatic carbocycles. The van der Waals surface area contributed by atoms with Crippen molar-refractivity contribution in [2.24, 2.45) is 5.92 Å². The van der Waals surface area contributed by atoms with E-state index in [1.165, 1.54) is 4.90 Å². The first-order chi connectivity index (χ1) is 8.87. The SMILES string of the molecule is O=C1CN(CC2CCCC(F)(F)C2)C(C(=O)O)CN1. The zero-order valence-corrected chi connectivity index (χ0v) is 10.6. The van der Waals surface area contributed by atoms with Crippen molar-refractivity contribution in [1.29, 1.82) is 0 Å². The highest BCUT2D eigenvalue weighted by Gasteiger charge is 2.39. The van der Waals surface area contributed by atoms with Crippen LogP contribution in [0.1, 0.15) is 25.7 Å². The van der Waals surface area contributed by atoms with E-state index in [0.29, 0.717) is 12.8 Å². The third kappa shape index (κ3) is 3.62. The molecule has 0 radical (unpaired) electrons. The third-order valence-corrected chi connectivity index (χ3v) is 3.80. The summed E-state index contributed by atoms with van der Waals surface area (Å²) in [5.74, 6) is -4.17. The Labute approximate surface area is 109 Å². The van der Waals surface area contributed by atoms with Crippen LogP contribution in [0.4, 0.5) is 8.78 Å². The summed E-state index contributed by atoms with van der Waals surface area (Å²) in [6, 6.07) is -0.812. The van der Waals surface area contributed by atoms with Crippen molar-refractivity contribution in [3.63, 3.8) is 0 Å². The Hall–Kier alpha value is -1.24. The Morgan fingerprint density at radius 3 is 2.89 bits per heavy atom. The maximum absolute atomic E-state index is 13.3. The lowest BCUT2D eigenvalue weighted by Crippen LogP contribution is -2.58. The highest BCUT2D eigenvalue weighted by molar-refractivity contribution is 5.83. The molecule has 0 spiro atoms. The summed E-state index contributed by atoms with van der Waals surface area (Å²) in [5.41, 5.74) is 0. The van der Waals surface area contributed by atoms with Gasteiger partial charge in [-0.25, -0.2) is 8.78 Å². The Morgan fingerprint density at radius 2 is 2.26 bits per heavy atom. The van der Waals surface area contributed by atoms with Gasteiger partial charge in [0.2, 0.25) is 11.8 Å². The molecule has 19 heavy (non-hydrogen) atoms. The molecule has 0 aromatic heterocycles. The lowest BCUT2D eigenvalue weighted by atomic mass is 9.86. The number of amides is 1. The minimum Gasteiger partial charge on any atom is -0.480 e. The zero-order valence-electron chi connectivity index (χ0n) is 10.6. The summed E-state index contributed by atoms with van der Waals surface area (Å²) in [7, 11) is 0. The van der Waals surface area contributed by atoms with Crippen LogP contribution in [0.3, 0.4) is 0 Å². The van der Waals surface area contributed by atoms with Crippen molar-refractivity contribution in [2.45, 2.75) is 37.6 Å². The number of aliphatic carboxylic acids is 1. The van der Waals surface area contributed by atoms with Crippen LogP contribution >= 0.6 is 0 Å². The standard InChI is InChI=1S/C12H18F2N2O3/c13-12(14)3-1-2-8(4-12)6-16-7-10(17)15-5-9(16)11(18)19/h8-9H,1-7H2,(H,15,17)(H,18,19). The van der Waals surface area contributed by atoms with Gasteiger partial charge in [-0.15, -0.1) is 0 Å². The fraction of sp³-hybridized carbons (Fsp3) is 0.833. The molecule has 1 saturated heterocycles. The first kappa shape index (κ1) is 14.2. The molecule has 2 unspecified atom stereocenters. The number of hydrogen-bond acceptors (Lipinski definition) is 3. The molecule has 0 aromatic rings. The highest BCUT2D eigenvalue weighted by atomic mass is 19.3. The maximum Gasteiger partial charge on any atom is 0.322 e. The second-order valence-electron chi connectivity index (χ2n) is 5.41. The van der Waals surface area contributed by atoms with Crippen LogP contribution < -0.4 is 5.32 Å². The van der Waals surface area contributed by atoms with Crippen molar-refractivity contribution in [3.8, 4) is 0 Å². The average Bonchev–Trinajstić information content (AvgIpc) is 2.27. The molecule has 0 bridgehead atoms. The average molecular weight is 276 g/mol. The fourth-order valence-corrected chi connectivity index (χ4v) is 2.89. The van der Waals surface area contributed by atoms with Crippen LogP contribution in [0.15, 0.2) is 0 Å². The first-order valence-corrected chi connectivity index (χ1v) is 6.49. The second kappa shape index (κ2) is 5.40. The van der Waals surface area contributed by atoms with Gasteiger partial charge in [0.25, 0.3) is 0 Å². The van der Waals surface area contributed by atoms with Gasteiger partial charge >= 0.3 is 5.97 Å². The number of rotatable bonds is 3. The number of hydrogen-bond donors (Lipinski definition) is 2. The van der Waals surface area contributed by atoms with E-state index in [1.54, 1.807) is 0 Å². The molecule has 5 nitrogen and oxygen atoms in total. The predicted molar refractivity (Wildman–Crippen MR) is 62.9 cm³/mol. The number of carbonyl (C=O) groups excluding carboxylic acids is 1. The molecular formula is C12H18F2N2O3. The Kier molecular flexibility index (Phi) is 4.03. The van der Waals surface area contributed by atoms with Gasteiger partial charge in [-0.3, -0.25) is 14.5 Å². The number of nitrogens with one attached hydrogen (secondary N) is 1. The number of nitrogens with zero attached hydrogens (tertiary/aromatic N) is 1. The monoisotopic (exact) mass is 276 g/mol. The van der Waals surface area contributed by atoms with Crippen LogP contribution in [0.25, 0.3) is 0 Å². The molecule has 1 saturated carbocycles. The molecule has 2 fully saturated rings. The molecule has 108 valence electrons. The quantitative estimate of drug-likeness (QED) is 0.796. The van der Waals surface area contributed by atoms with Gasteiger partial charge in [0, 0.05) is 25.9 Å². The van der Waals surface area contributed by atoms with Crippen LogP contribution in [0.2, 0.25) is 0 Å². The number of halogens is 2. The van der Waals surface area contributed by atoms with E-state index in [9.17, 15) is 18.4 Å². The third-order valence-electron chi connectivity index (χ3n) is 3.80. The molecule has 1 aliphatic carbocycles. The number of carboxylic acid groups (broad SMARTS) is 1. The second-order valence-corrected chi connectivity index (χ2v) is 5.41. The smallest absolute Gasteiger partial charge is 0.322 e. The summed E-state index contributed by atoms with van der Waals surface area (Å²) in [6.07, 6.45) is 0.819. The number of carbonyl (C=O) groups is 2. The fourth-order valence-electron chi connectivity index (χ4n) is 2.89. The van der Waals surface area contributed by atoms with Crippen LogP contribution in [-0.4, -0.2) is 53.5 Å². The van der Waals surface area contributed by atoms with Gasteiger partial charge in [-0.1, -0.05) is 0 Å². The van der Waals surface area contributed by atoms with Crippen molar-refractivity contribution in [1.82, 2.24) is 10.2 Å². The molecule has 2 N–H and O–H groups in total. The van der Waals surface area contributed by atoms with Gasteiger partial charge < -0.3 is 10.4 Å². The maximum atomic E-state index is 13.3. The molecule has 2 atom stereocenters.